The molecule has 0 fully saturated rings. The molecule has 2 unspecified atom stereocenters. The summed E-state index contributed by atoms with van der Waals surface area (Å²) in [6.07, 6.45) is 0.452. The zero-order valence-electron chi connectivity index (χ0n) is 12.6. The number of aliphatic hydroxyl groups is 1. The van der Waals surface area contributed by atoms with Crippen LogP contribution < -0.4 is 15.4 Å². The molecule has 0 bridgehead atoms. The molecule has 3 N–H and O–H groups in total. The van der Waals surface area contributed by atoms with Crippen molar-refractivity contribution in [3.05, 3.63) is 29.8 Å². The summed E-state index contributed by atoms with van der Waals surface area (Å²) < 4.78 is 5.68. The Morgan fingerprint density at radius 1 is 1.43 bits per heavy atom. The average Bonchev–Trinajstić information content (AvgIpc) is 2.45. The van der Waals surface area contributed by atoms with Gasteiger partial charge in [0, 0.05) is 12.1 Å². The summed E-state index contributed by atoms with van der Waals surface area (Å²) in [5, 5.41) is 14.7. The van der Waals surface area contributed by atoms with Gasteiger partial charge >= 0.3 is 0 Å². The number of aliphatic hydroxyl groups excluding tert-OH is 1. The molecule has 116 valence electrons. The van der Waals surface area contributed by atoms with E-state index in [0.717, 1.165) is 6.42 Å². The summed E-state index contributed by atoms with van der Waals surface area (Å²) in [4.78, 5) is 12.1. The van der Waals surface area contributed by atoms with Crippen LogP contribution in [0, 0.1) is 0 Å². The molecule has 0 saturated carbocycles. The van der Waals surface area contributed by atoms with E-state index in [1.54, 1.807) is 25.1 Å². The molecule has 0 heterocycles. The lowest BCUT2D eigenvalue weighted by Gasteiger charge is -2.14. The van der Waals surface area contributed by atoms with Gasteiger partial charge in [-0.05, 0) is 50.7 Å². The lowest BCUT2D eigenvalue weighted by Crippen LogP contribution is -2.41. The first kappa shape index (κ1) is 17.4. The molecule has 0 saturated heterocycles. The number of ether oxygens (including phenoxy) is 1. The van der Waals surface area contributed by atoms with Gasteiger partial charge in [-0.25, -0.2) is 0 Å². The van der Waals surface area contributed by atoms with Crippen LogP contribution in [0.15, 0.2) is 24.3 Å². The third kappa shape index (κ3) is 6.55. The monoisotopic (exact) mass is 310 g/mol. The molecule has 1 aromatic carbocycles. The second kappa shape index (κ2) is 8.59. The van der Waals surface area contributed by atoms with E-state index in [1.165, 1.54) is 0 Å². The SMILES string of the molecule is CCC(C)Oc1cccc(C(=O)NC(=S)NCC(C)O)c1. The molecule has 0 aliphatic heterocycles. The van der Waals surface area contributed by atoms with Crippen molar-refractivity contribution in [3.63, 3.8) is 0 Å². The van der Waals surface area contributed by atoms with Gasteiger partial charge in [-0.2, -0.15) is 0 Å². The average molecular weight is 310 g/mol. The lowest BCUT2D eigenvalue weighted by atomic mass is 10.2. The van der Waals surface area contributed by atoms with Crippen LogP contribution in [-0.4, -0.2) is 34.9 Å². The maximum Gasteiger partial charge on any atom is 0.257 e. The van der Waals surface area contributed by atoms with Gasteiger partial charge in [0.05, 0.1) is 12.2 Å². The molecule has 0 aliphatic rings. The molecule has 0 aliphatic carbocycles. The number of hydrogen-bond donors (Lipinski definition) is 3. The first-order valence-corrected chi connectivity index (χ1v) is 7.37. The van der Waals surface area contributed by atoms with Crippen molar-refractivity contribution < 1.29 is 14.6 Å². The quantitative estimate of drug-likeness (QED) is 0.700. The molecular formula is C15H22N2O3S. The van der Waals surface area contributed by atoms with Crippen molar-refractivity contribution in [1.29, 1.82) is 0 Å². The molecule has 21 heavy (non-hydrogen) atoms. The van der Waals surface area contributed by atoms with Gasteiger partial charge in [-0.3, -0.25) is 10.1 Å². The van der Waals surface area contributed by atoms with Gasteiger partial charge in [0.15, 0.2) is 5.11 Å². The highest BCUT2D eigenvalue weighted by Gasteiger charge is 2.10. The van der Waals surface area contributed by atoms with E-state index >= 15 is 0 Å². The Balaban J connectivity index is 2.61. The number of rotatable bonds is 6. The topological polar surface area (TPSA) is 70.6 Å². The van der Waals surface area contributed by atoms with Crippen LogP contribution in [0.2, 0.25) is 0 Å². The van der Waals surface area contributed by atoms with Crippen LogP contribution in [0.3, 0.4) is 0 Å². The van der Waals surface area contributed by atoms with Crippen LogP contribution in [0.4, 0.5) is 0 Å². The highest BCUT2D eigenvalue weighted by atomic mass is 32.1. The van der Waals surface area contributed by atoms with Crippen LogP contribution in [0.1, 0.15) is 37.6 Å². The van der Waals surface area contributed by atoms with Crippen LogP contribution in [-0.2, 0) is 0 Å². The fraction of sp³-hybridized carbons (Fsp3) is 0.467. The Bertz CT molecular complexity index is 492. The predicted octanol–water partition coefficient (Wildman–Crippen LogP) is 1.85. The van der Waals surface area contributed by atoms with Gasteiger partial charge in [-0.15, -0.1) is 0 Å². The minimum Gasteiger partial charge on any atom is -0.491 e. The molecule has 1 amide bonds. The van der Waals surface area contributed by atoms with Crippen LogP contribution >= 0.6 is 12.2 Å². The third-order valence-electron chi connectivity index (χ3n) is 2.79. The van der Waals surface area contributed by atoms with Gasteiger partial charge in [0.1, 0.15) is 5.75 Å². The van der Waals surface area contributed by atoms with E-state index in [-0.39, 0.29) is 23.7 Å². The number of hydrogen-bond acceptors (Lipinski definition) is 4. The Kier molecular flexibility index (Phi) is 7.11. The van der Waals surface area contributed by atoms with Crippen LogP contribution in [0.25, 0.3) is 0 Å². The Morgan fingerprint density at radius 3 is 2.76 bits per heavy atom. The Labute approximate surface area is 130 Å². The highest BCUT2D eigenvalue weighted by Crippen LogP contribution is 2.15. The minimum absolute atomic E-state index is 0.0945. The standard InChI is InChI=1S/C15H22N2O3S/c1-4-11(3)20-13-7-5-6-12(8-13)14(19)17-15(21)16-9-10(2)18/h5-8,10-11,18H,4,9H2,1-3H3,(H2,16,17,19,21). The zero-order valence-corrected chi connectivity index (χ0v) is 13.4. The normalized spacial score (nSPS) is 13.1. The molecule has 0 radical (unpaired) electrons. The number of nitrogens with one attached hydrogen (secondary N) is 2. The molecular weight excluding hydrogens is 288 g/mol. The van der Waals surface area contributed by atoms with Gasteiger partial charge in [-0.1, -0.05) is 13.0 Å². The highest BCUT2D eigenvalue weighted by molar-refractivity contribution is 7.80. The first-order chi connectivity index (χ1) is 9.92. The number of amides is 1. The summed E-state index contributed by atoms with van der Waals surface area (Å²) in [5.74, 6) is 0.340. The Morgan fingerprint density at radius 2 is 2.14 bits per heavy atom. The van der Waals surface area contributed by atoms with Crippen LogP contribution in [0.5, 0.6) is 5.75 Å². The zero-order chi connectivity index (χ0) is 15.8. The molecule has 1 rings (SSSR count). The molecule has 0 aromatic heterocycles. The van der Waals surface area contributed by atoms with E-state index in [4.69, 9.17) is 22.1 Å². The number of benzene rings is 1. The van der Waals surface area contributed by atoms with Crippen molar-refractivity contribution in [2.45, 2.75) is 39.4 Å². The summed E-state index contributed by atoms with van der Waals surface area (Å²) in [6.45, 7) is 5.93. The van der Waals surface area contributed by atoms with Crippen molar-refractivity contribution in [3.8, 4) is 5.75 Å². The number of carbonyl (C=O) groups is 1. The second-order valence-electron chi connectivity index (χ2n) is 4.88. The lowest BCUT2D eigenvalue weighted by molar-refractivity contribution is 0.0975. The van der Waals surface area contributed by atoms with Gasteiger partial charge in [0.25, 0.3) is 5.91 Å². The van der Waals surface area contributed by atoms with E-state index in [1.807, 2.05) is 19.9 Å². The smallest absolute Gasteiger partial charge is 0.257 e. The summed E-state index contributed by atoms with van der Waals surface area (Å²) in [5.41, 5.74) is 0.469. The minimum atomic E-state index is -0.535. The van der Waals surface area contributed by atoms with E-state index in [2.05, 4.69) is 10.6 Å². The third-order valence-corrected chi connectivity index (χ3v) is 3.04. The molecule has 5 nitrogen and oxygen atoms in total. The maximum atomic E-state index is 12.1. The van der Waals surface area contributed by atoms with Gasteiger partial charge in [0.2, 0.25) is 0 Å². The van der Waals surface area contributed by atoms with Gasteiger partial charge < -0.3 is 15.2 Å². The number of carbonyl (C=O) groups excluding carboxylic acids is 1. The largest absolute Gasteiger partial charge is 0.491 e. The molecule has 6 heteroatoms. The maximum absolute atomic E-state index is 12.1. The number of thiocarbonyl (C=S) groups is 1. The fourth-order valence-corrected chi connectivity index (χ4v) is 1.66. The van der Waals surface area contributed by atoms with E-state index < -0.39 is 6.10 Å². The first-order valence-electron chi connectivity index (χ1n) is 6.96. The summed E-state index contributed by atoms with van der Waals surface area (Å²) >= 11 is 4.98. The van der Waals surface area contributed by atoms with Crippen molar-refractivity contribution in [1.82, 2.24) is 10.6 Å². The summed E-state index contributed by atoms with van der Waals surface area (Å²) in [7, 11) is 0. The second-order valence-corrected chi connectivity index (χ2v) is 5.29. The van der Waals surface area contributed by atoms with Crippen molar-refractivity contribution >= 4 is 23.2 Å². The fourth-order valence-electron chi connectivity index (χ4n) is 1.49. The van der Waals surface area contributed by atoms with Crippen molar-refractivity contribution in [2.24, 2.45) is 0 Å². The van der Waals surface area contributed by atoms with E-state index in [0.29, 0.717) is 11.3 Å². The Hall–Kier alpha value is -1.66. The predicted molar refractivity (Wildman–Crippen MR) is 86.6 cm³/mol. The summed E-state index contributed by atoms with van der Waals surface area (Å²) in [6, 6.07) is 6.95. The molecule has 0 spiro atoms. The molecule has 2 atom stereocenters. The van der Waals surface area contributed by atoms with Crippen molar-refractivity contribution in [2.75, 3.05) is 6.54 Å². The molecule has 1 aromatic rings. The van der Waals surface area contributed by atoms with E-state index in [9.17, 15) is 4.79 Å².